The van der Waals surface area contributed by atoms with E-state index in [0.717, 1.165) is 27.6 Å². The molecule has 0 fully saturated rings. The number of hydrogen-bond acceptors (Lipinski definition) is 3. The molecule has 0 aliphatic carbocycles. The first-order valence-electron chi connectivity index (χ1n) is 7.08. The van der Waals surface area contributed by atoms with Gasteiger partial charge in [-0.1, -0.05) is 32.0 Å². The van der Waals surface area contributed by atoms with E-state index in [0.29, 0.717) is 0 Å². The number of anilines is 1. The zero-order valence-electron chi connectivity index (χ0n) is 12.3. The van der Waals surface area contributed by atoms with Crippen molar-refractivity contribution in [3.8, 4) is 0 Å². The predicted molar refractivity (Wildman–Crippen MR) is 92.9 cm³/mol. The molecule has 5 heteroatoms. The number of para-hydroxylation sites is 1. The smallest absolute Gasteiger partial charge is 0.228 e. The van der Waals surface area contributed by atoms with E-state index >= 15 is 0 Å². The van der Waals surface area contributed by atoms with Gasteiger partial charge in [-0.2, -0.15) is 0 Å². The molecule has 112 valence electrons. The van der Waals surface area contributed by atoms with Gasteiger partial charge < -0.3 is 15.1 Å². The maximum atomic E-state index is 11.6. The summed E-state index contributed by atoms with van der Waals surface area (Å²) in [5, 5.41) is 8.08. The van der Waals surface area contributed by atoms with E-state index in [4.69, 9.17) is 16.6 Å². The van der Waals surface area contributed by atoms with Crippen LogP contribution in [0.25, 0.3) is 21.9 Å². The fraction of sp³-hybridized carbons (Fsp3) is 0.176. The van der Waals surface area contributed by atoms with Crippen molar-refractivity contribution in [1.82, 2.24) is 5.32 Å². The van der Waals surface area contributed by atoms with E-state index in [1.807, 2.05) is 56.3 Å². The minimum absolute atomic E-state index is 0.109. The van der Waals surface area contributed by atoms with Crippen LogP contribution in [0.4, 0.5) is 5.69 Å². The van der Waals surface area contributed by atoms with Gasteiger partial charge >= 0.3 is 0 Å². The number of carbonyl (C=O) groups is 1. The van der Waals surface area contributed by atoms with Crippen molar-refractivity contribution in [3.63, 3.8) is 0 Å². The van der Waals surface area contributed by atoms with E-state index in [1.165, 1.54) is 0 Å². The summed E-state index contributed by atoms with van der Waals surface area (Å²) in [6, 6.07) is 13.7. The van der Waals surface area contributed by atoms with Crippen LogP contribution in [-0.2, 0) is 4.79 Å². The zero-order valence-corrected chi connectivity index (χ0v) is 13.2. The molecule has 0 bridgehead atoms. The molecular formula is C17H16N2O2S. The van der Waals surface area contributed by atoms with E-state index < -0.39 is 0 Å². The average molecular weight is 312 g/mol. The molecule has 0 aliphatic heterocycles. The molecule has 0 radical (unpaired) electrons. The molecule has 22 heavy (non-hydrogen) atoms. The first-order valence-corrected chi connectivity index (χ1v) is 7.48. The minimum Gasteiger partial charge on any atom is -0.456 e. The summed E-state index contributed by atoms with van der Waals surface area (Å²) in [5.74, 6) is -0.222. The third-order valence-electron chi connectivity index (χ3n) is 3.40. The van der Waals surface area contributed by atoms with Gasteiger partial charge in [0.1, 0.15) is 11.2 Å². The Morgan fingerprint density at radius 2 is 1.82 bits per heavy atom. The monoisotopic (exact) mass is 312 g/mol. The van der Waals surface area contributed by atoms with Gasteiger partial charge in [0.25, 0.3) is 0 Å². The number of fused-ring (bicyclic) bond motifs is 3. The lowest BCUT2D eigenvalue weighted by Crippen LogP contribution is -2.36. The Morgan fingerprint density at radius 1 is 1.09 bits per heavy atom. The summed E-state index contributed by atoms with van der Waals surface area (Å²) < 4.78 is 5.82. The van der Waals surface area contributed by atoms with Gasteiger partial charge in [0.05, 0.1) is 0 Å². The number of hydrogen-bond donors (Lipinski definition) is 2. The summed E-state index contributed by atoms with van der Waals surface area (Å²) >= 11 is 5.14. The fourth-order valence-corrected chi connectivity index (χ4v) is 2.44. The number of thiocarbonyl (C=S) groups is 1. The summed E-state index contributed by atoms with van der Waals surface area (Å²) in [7, 11) is 0. The first-order chi connectivity index (χ1) is 10.5. The van der Waals surface area contributed by atoms with Crippen molar-refractivity contribution in [2.75, 3.05) is 5.32 Å². The Kier molecular flexibility index (Phi) is 3.81. The Morgan fingerprint density at radius 3 is 2.59 bits per heavy atom. The van der Waals surface area contributed by atoms with Crippen molar-refractivity contribution < 1.29 is 9.21 Å². The van der Waals surface area contributed by atoms with Crippen LogP contribution in [0.3, 0.4) is 0 Å². The maximum Gasteiger partial charge on any atom is 0.228 e. The third-order valence-corrected chi connectivity index (χ3v) is 3.60. The Balaban J connectivity index is 1.85. The highest BCUT2D eigenvalue weighted by atomic mass is 32.1. The molecule has 1 amide bonds. The van der Waals surface area contributed by atoms with E-state index in [2.05, 4.69) is 10.6 Å². The van der Waals surface area contributed by atoms with Crippen LogP contribution in [0.5, 0.6) is 0 Å². The number of furan rings is 1. The molecule has 0 saturated carbocycles. The molecule has 0 unspecified atom stereocenters. The lowest BCUT2D eigenvalue weighted by Gasteiger charge is -2.10. The highest BCUT2D eigenvalue weighted by Crippen LogP contribution is 2.30. The second-order valence-electron chi connectivity index (χ2n) is 5.41. The maximum absolute atomic E-state index is 11.6. The highest BCUT2D eigenvalue weighted by molar-refractivity contribution is 7.80. The van der Waals surface area contributed by atoms with Crippen LogP contribution in [0, 0.1) is 5.92 Å². The van der Waals surface area contributed by atoms with Crippen LogP contribution >= 0.6 is 12.2 Å². The van der Waals surface area contributed by atoms with Crippen LogP contribution < -0.4 is 10.6 Å². The largest absolute Gasteiger partial charge is 0.456 e. The normalized spacial score (nSPS) is 11.0. The van der Waals surface area contributed by atoms with E-state index in [1.54, 1.807) is 0 Å². The van der Waals surface area contributed by atoms with Gasteiger partial charge in [0, 0.05) is 28.4 Å². The third kappa shape index (κ3) is 2.80. The highest BCUT2D eigenvalue weighted by Gasteiger charge is 2.10. The molecular weight excluding hydrogens is 296 g/mol. The lowest BCUT2D eigenvalue weighted by molar-refractivity contribution is -0.122. The summed E-state index contributed by atoms with van der Waals surface area (Å²) in [6.07, 6.45) is 0. The van der Waals surface area contributed by atoms with E-state index in [-0.39, 0.29) is 16.9 Å². The fourth-order valence-electron chi connectivity index (χ4n) is 2.22. The van der Waals surface area contributed by atoms with Gasteiger partial charge in [-0.3, -0.25) is 4.79 Å². The zero-order chi connectivity index (χ0) is 15.7. The van der Waals surface area contributed by atoms with Gasteiger partial charge in [0.2, 0.25) is 5.91 Å². The number of nitrogens with one attached hydrogen (secondary N) is 2. The Labute approximate surface area is 133 Å². The molecule has 4 nitrogen and oxygen atoms in total. The van der Waals surface area contributed by atoms with Gasteiger partial charge in [0.15, 0.2) is 5.11 Å². The average Bonchev–Trinajstić information content (AvgIpc) is 2.84. The van der Waals surface area contributed by atoms with Crippen molar-refractivity contribution in [2.24, 2.45) is 5.92 Å². The van der Waals surface area contributed by atoms with Crippen LogP contribution in [0.15, 0.2) is 46.9 Å². The first kappa shape index (κ1) is 14.5. The van der Waals surface area contributed by atoms with Crippen LogP contribution in [0.1, 0.15) is 13.8 Å². The molecule has 2 N–H and O–H groups in total. The van der Waals surface area contributed by atoms with Crippen molar-refractivity contribution in [3.05, 3.63) is 42.5 Å². The lowest BCUT2D eigenvalue weighted by atomic mass is 10.1. The van der Waals surface area contributed by atoms with Crippen molar-refractivity contribution >= 4 is 50.9 Å². The molecule has 3 aromatic rings. The second kappa shape index (κ2) is 5.77. The number of benzene rings is 2. The SMILES string of the molecule is CC(C)C(=O)NC(=S)Nc1ccc2c(c1)oc1ccccc12. The molecule has 0 atom stereocenters. The van der Waals surface area contributed by atoms with E-state index in [9.17, 15) is 4.79 Å². The molecule has 0 aliphatic rings. The number of amides is 1. The minimum atomic E-state index is -0.113. The molecule has 2 aromatic carbocycles. The van der Waals surface area contributed by atoms with Gasteiger partial charge in [-0.15, -0.1) is 0 Å². The summed E-state index contributed by atoms with van der Waals surface area (Å²) in [6.45, 7) is 3.64. The predicted octanol–water partition coefficient (Wildman–Crippen LogP) is 4.06. The molecule has 1 heterocycles. The quantitative estimate of drug-likeness (QED) is 0.701. The molecule has 1 aromatic heterocycles. The van der Waals surface area contributed by atoms with Crippen LogP contribution in [-0.4, -0.2) is 11.0 Å². The topological polar surface area (TPSA) is 54.3 Å². The second-order valence-corrected chi connectivity index (χ2v) is 5.82. The number of carbonyl (C=O) groups excluding carboxylic acids is 1. The van der Waals surface area contributed by atoms with Gasteiger partial charge in [-0.25, -0.2) is 0 Å². The molecule has 0 saturated heterocycles. The van der Waals surface area contributed by atoms with Gasteiger partial charge in [-0.05, 0) is 30.4 Å². The number of rotatable bonds is 2. The molecule has 0 spiro atoms. The Bertz CT molecular complexity index is 867. The summed E-state index contributed by atoms with van der Waals surface area (Å²) in [5.41, 5.74) is 2.41. The van der Waals surface area contributed by atoms with Crippen LogP contribution in [0.2, 0.25) is 0 Å². The Hall–Kier alpha value is -2.40. The summed E-state index contributed by atoms with van der Waals surface area (Å²) in [4.78, 5) is 11.6. The van der Waals surface area contributed by atoms with Crippen molar-refractivity contribution in [2.45, 2.75) is 13.8 Å². The van der Waals surface area contributed by atoms with Crippen molar-refractivity contribution in [1.29, 1.82) is 0 Å². The standard InChI is InChI=1S/C17H16N2O2S/c1-10(2)16(20)19-17(22)18-11-7-8-13-12-5-3-4-6-14(12)21-15(13)9-11/h3-10H,1-2H3,(H2,18,19,20,22). The molecule has 3 rings (SSSR count).